The molecule has 16 heavy (non-hydrogen) atoms. The van der Waals surface area contributed by atoms with Gasteiger partial charge in [-0.05, 0) is 46.7 Å². The number of hydrogen-bond acceptors (Lipinski definition) is 2. The van der Waals surface area contributed by atoms with Gasteiger partial charge in [-0.15, -0.1) is 0 Å². The summed E-state index contributed by atoms with van der Waals surface area (Å²) in [6.45, 7) is 8.26. The number of nitrogens with one attached hydrogen (secondary N) is 1. The summed E-state index contributed by atoms with van der Waals surface area (Å²) in [6, 6.07) is 2.20. The van der Waals surface area contributed by atoms with Crippen LogP contribution in [-0.4, -0.2) is 36.6 Å². The predicted molar refractivity (Wildman–Crippen MR) is 71.9 cm³/mol. The molecule has 2 nitrogen and oxygen atoms in total. The minimum atomic E-state index is 0.691. The van der Waals surface area contributed by atoms with Crippen LogP contribution in [0.5, 0.6) is 0 Å². The van der Waals surface area contributed by atoms with Gasteiger partial charge in [-0.1, -0.05) is 26.2 Å². The van der Waals surface area contributed by atoms with Crippen LogP contribution in [0, 0.1) is 0 Å². The molecule has 1 aliphatic carbocycles. The molecule has 2 atom stereocenters. The maximum Gasteiger partial charge on any atom is 0.0251 e. The molecule has 2 heteroatoms. The molecule has 0 aliphatic heterocycles. The zero-order valence-electron chi connectivity index (χ0n) is 11.6. The minimum Gasteiger partial charge on any atom is -0.315 e. The smallest absolute Gasteiger partial charge is 0.0251 e. The van der Waals surface area contributed by atoms with E-state index in [1.54, 1.807) is 0 Å². The zero-order chi connectivity index (χ0) is 12.0. The Morgan fingerprint density at radius 1 is 1.25 bits per heavy atom. The summed E-state index contributed by atoms with van der Waals surface area (Å²) in [7, 11) is 2.12. The van der Waals surface area contributed by atoms with Gasteiger partial charge in [0.25, 0.3) is 0 Å². The summed E-state index contributed by atoms with van der Waals surface area (Å²) in [6.07, 6.45) is 8.20. The van der Waals surface area contributed by atoms with E-state index < -0.39 is 0 Å². The molecule has 0 spiro atoms. The fourth-order valence-corrected chi connectivity index (χ4v) is 3.03. The van der Waals surface area contributed by atoms with Crippen LogP contribution in [0.25, 0.3) is 0 Å². The summed E-state index contributed by atoms with van der Waals surface area (Å²) < 4.78 is 0. The average Bonchev–Trinajstić information content (AvgIpc) is 2.71. The monoisotopic (exact) mass is 226 g/mol. The van der Waals surface area contributed by atoms with Gasteiger partial charge in [-0.25, -0.2) is 0 Å². The average molecular weight is 226 g/mol. The summed E-state index contributed by atoms with van der Waals surface area (Å²) in [5, 5.41) is 3.50. The van der Waals surface area contributed by atoms with Crippen LogP contribution in [0.1, 0.15) is 59.3 Å². The second kappa shape index (κ2) is 7.29. The molecule has 96 valence electrons. The summed E-state index contributed by atoms with van der Waals surface area (Å²) in [4.78, 5) is 2.73. The lowest BCUT2D eigenvalue weighted by Crippen LogP contribution is -2.49. The van der Waals surface area contributed by atoms with Crippen LogP contribution >= 0.6 is 0 Å². The van der Waals surface area contributed by atoms with Crippen LogP contribution in [-0.2, 0) is 0 Å². The maximum absolute atomic E-state index is 3.50. The van der Waals surface area contributed by atoms with E-state index in [0.29, 0.717) is 6.04 Å². The quantitative estimate of drug-likeness (QED) is 0.671. The molecule has 0 aromatic rings. The van der Waals surface area contributed by atoms with E-state index in [-0.39, 0.29) is 0 Å². The van der Waals surface area contributed by atoms with Gasteiger partial charge >= 0.3 is 0 Å². The van der Waals surface area contributed by atoms with E-state index in [1.807, 2.05) is 0 Å². The van der Waals surface area contributed by atoms with Gasteiger partial charge < -0.3 is 5.32 Å². The van der Waals surface area contributed by atoms with Crippen LogP contribution in [0.2, 0.25) is 0 Å². The Bertz CT molecular complexity index is 180. The molecule has 0 aromatic carbocycles. The molecule has 0 radical (unpaired) electrons. The lowest BCUT2D eigenvalue weighted by Gasteiger charge is -2.36. The van der Waals surface area contributed by atoms with E-state index in [1.165, 1.54) is 45.1 Å². The second-order valence-corrected chi connectivity index (χ2v) is 5.43. The Morgan fingerprint density at radius 2 is 2.00 bits per heavy atom. The fraction of sp³-hybridized carbons (Fsp3) is 1.00. The van der Waals surface area contributed by atoms with Crippen molar-refractivity contribution in [3.05, 3.63) is 0 Å². The molecule has 1 fully saturated rings. The molecule has 0 aromatic heterocycles. The van der Waals surface area contributed by atoms with Crippen molar-refractivity contribution >= 4 is 0 Å². The Hall–Kier alpha value is -0.0800. The van der Waals surface area contributed by atoms with E-state index in [9.17, 15) is 0 Å². The van der Waals surface area contributed by atoms with Crippen LogP contribution in [0.15, 0.2) is 0 Å². The molecule has 1 rings (SSSR count). The van der Waals surface area contributed by atoms with Crippen molar-refractivity contribution in [1.82, 2.24) is 10.2 Å². The number of likely N-dealkylation sites (N-methyl/N-ethyl adjacent to an activating group) is 1. The van der Waals surface area contributed by atoms with Gasteiger partial charge in [0.1, 0.15) is 0 Å². The van der Waals surface area contributed by atoms with Crippen molar-refractivity contribution in [3.8, 4) is 0 Å². The molecular weight excluding hydrogens is 196 g/mol. The van der Waals surface area contributed by atoms with Crippen molar-refractivity contribution in [3.63, 3.8) is 0 Å². The first-order valence-corrected chi connectivity index (χ1v) is 7.13. The van der Waals surface area contributed by atoms with Gasteiger partial charge in [0, 0.05) is 18.1 Å². The highest BCUT2D eigenvalue weighted by molar-refractivity contribution is 4.90. The SMILES string of the molecule is CCCCCN(C(C)C)C1CCCC1NC. The van der Waals surface area contributed by atoms with Gasteiger partial charge in [0.15, 0.2) is 0 Å². The molecule has 0 saturated heterocycles. The van der Waals surface area contributed by atoms with E-state index >= 15 is 0 Å². The van der Waals surface area contributed by atoms with Crippen molar-refractivity contribution in [2.75, 3.05) is 13.6 Å². The van der Waals surface area contributed by atoms with Crippen molar-refractivity contribution < 1.29 is 0 Å². The molecule has 2 unspecified atom stereocenters. The predicted octanol–water partition coefficient (Wildman–Crippen LogP) is 3.03. The summed E-state index contributed by atoms with van der Waals surface area (Å²) in [5.41, 5.74) is 0. The Morgan fingerprint density at radius 3 is 2.56 bits per heavy atom. The van der Waals surface area contributed by atoms with Crippen molar-refractivity contribution in [2.24, 2.45) is 0 Å². The molecule has 0 heterocycles. The lowest BCUT2D eigenvalue weighted by molar-refractivity contribution is 0.133. The van der Waals surface area contributed by atoms with Crippen LogP contribution in [0.3, 0.4) is 0 Å². The van der Waals surface area contributed by atoms with Gasteiger partial charge in [-0.2, -0.15) is 0 Å². The minimum absolute atomic E-state index is 0.691. The second-order valence-electron chi connectivity index (χ2n) is 5.43. The van der Waals surface area contributed by atoms with Crippen molar-refractivity contribution in [2.45, 2.75) is 77.4 Å². The molecule has 1 saturated carbocycles. The first-order chi connectivity index (χ1) is 7.70. The largest absolute Gasteiger partial charge is 0.315 e. The maximum atomic E-state index is 3.50. The number of hydrogen-bond donors (Lipinski definition) is 1. The highest BCUT2D eigenvalue weighted by Crippen LogP contribution is 2.26. The van der Waals surface area contributed by atoms with E-state index in [2.05, 4.69) is 38.0 Å². The third kappa shape index (κ3) is 3.74. The van der Waals surface area contributed by atoms with Gasteiger partial charge in [-0.3, -0.25) is 4.90 Å². The first kappa shape index (κ1) is 14.0. The standard InChI is InChI=1S/C14H30N2/c1-5-6-7-11-16(12(2)3)14-10-8-9-13(14)15-4/h12-15H,5-11H2,1-4H3. The lowest BCUT2D eigenvalue weighted by atomic mass is 10.1. The first-order valence-electron chi connectivity index (χ1n) is 7.13. The summed E-state index contributed by atoms with van der Waals surface area (Å²) >= 11 is 0. The Labute approximate surface area is 102 Å². The number of unbranched alkanes of at least 4 members (excludes halogenated alkanes) is 2. The number of nitrogens with zero attached hydrogens (tertiary/aromatic N) is 1. The highest BCUT2D eigenvalue weighted by atomic mass is 15.2. The molecule has 1 aliphatic rings. The zero-order valence-corrected chi connectivity index (χ0v) is 11.6. The van der Waals surface area contributed by atoms with E-state index in [4.69, 9.17) is 0 Å². The Kier molecular flexibility index (Phi) is 6.37. The van der Waals surface area contributed by atoms with Crippen molar-refractivity contribution in [1.29, 1.82) is 0 Å². The molecule has 1 N–H and O–H groups in total. The third-order valence-electron chi connectivity index (χ3n) is 3.96. The molecule has 0 amide bonds. The molecular formula is C14H30N2. The van der Waals surface area contributed by atoms with Gasteiger partial charge in [0.2, 0.25) is 0 Å². The summed E-state index contributed by atoms with van der Waals surface area (Å²) in [5.74, 6) is 0. The third-order valence-corrected chi connectivity index (χ3v) is 3.96. The highest BCUT2D eigenvalue weighted by Gasteiger charge is 2.31. The van der Waals surface area contributed by atoms with Crippen LogP contribution in [0.4, 0.5) is 0 Å². The van der Waals surface area contributed by atoms with Gasteiger partial charge in [0.05, 0.1) is 0 Å². The Balaban J connectivity index is 2.48. The number of rotatable bonds is 7. The topological polar surface area (TPSA) is 15.3 Å². The van der Waals surface area contributed by atoms with E-state index in [0.717, 1.165) is 12.1 Å². The fourth-order valence-electron chi connectivity index (χ4n) is 3.03. The van der Waals surface area contributed by atoms with Crippen LogP contribution < -0.4 is 5.32 Å². The normalized spacial score (nSPS) is 25.9. The molecule has 0 bridgehead atoms.